The number of hydrogen-bond acceptors (Lipinski definition) is 3. The Bertz CT molecular complexity index is 890. The predicted octanol–water partition coefficient (Wildman–Crippen LogP) is 5.99. The van der Waals surface area contributed by atoms with Crippen LogP contribution in [0.2, 0.25) is 0 Å². The Labute approximate surface area is 162 Å². The molecule has 4 heteroatoms. The molecule has 2 aromatic carbocycles. The third kappa shape index (κ3) is 4.76. The highest BCUT2D eigenvalue weighted by Crippen LogP contribution is 2.25. The summed E-state index contributed by atoms with van der Waals surface area (Å²) in [6.07, 6.45) is 8.90. The molecule has 1 atom stereocenters. The van der Waals surface area contributed by atoms with Crippen LogP contribution in [0.25, 0.3) is 11.0 Å². The van der Waals surface area contributed by atoms with E-state index in [4.69, 9.17) is 0 Å². The van der Waals surface area contributed by atoms with E-state index in [0.29, 0.717) is 6.04 Å². The van der Waals surface area contributed by atoms with Crippen LogP contribution >= 0.6 is 0 Å². The summed E-state index contributed by atoms with van der Waals surface area (Å²) in [4.78, 5) is 11.3. The fraction of sp³-hybridized carbons (Fsp3) is 0.391. The van der Waals surface area contributed by atoms with Crippen LogP contribution in [-0.2, 0) is 0 Å². The molecule has 142 valence electrons. The summed E-state index contributed by atoms with van der Waals surface area (Å²) in [6, 6.07) is 15.1. The maximum atomic E-state index is 4.63. The van der Waals surface area contributed by atoms with Crippen molar-refractivity contribution in [3.05, 3.63) is 54.4 Å². The van der Waals surface area contributed by atoms with Gasteiger partial charge in [-0.15, -0.1) is 0 Å². The van der Waals surface area contributed by atoms with Crippen LogP contribution in [0.3, 0.4) is 0 Å². The number of rotatable bonds is 8. The van der Waals surface area contributed by atoms with Gasteiger partial charge in [0.1, 0.15) is 0 Å². The van der Waals surface area contributed by atoms with E-state index in [-0.39, 0.29) is 0 Å². The number of aromatic nitrogens is 2. The van der Waals surface area contributed by atoms with E-state index >= 15 is 0 Å². The van der Waals surface area contributed by atoms with Gasteiger partial charge in [0.05, 0.1) is 23.0 Å². The van der Waals surface area contributed by atoms with Gasteiger partial charge in [-0.1, -0.05) is 38.3 Å². The van der Waals surface area contributed by atoms with Gasteiger partial charge in [0, 0.05) is 32.0 Å². The highest BCUT2D eigenvalue weighted by molar-refractivity contribution is 5.85. The molecule has 3 rings (SSSR count). The molecule has 0 N–H and O–H groups in total. The maximum absolute atomic E-state index is 4.63. The van der Waals surface area contributed by atoms with Crippen molar-refractivity contribution in [3.63, 3.8) is 0 Å². The number of unbranched alkanes of at least 4 members (excludes halogenated alkanes) is 2. The number of hydrogen-bond donors (Lipinski definition) is 0. The second-order valence-corrected chi connectivity index (χ2v) is 7.41. The Morgan fingerprint density at radius 1 is 1.11 bits per heavy atom. The second-order valence-electron chi connectivity index (χ2n) is 7.41. The smallest absolute Gasteiger partial charge is 0.0960 e. The predicted molar refractivity (Wildman–Crippen MR) is 117 cm³/mol. The zero-order chi connectivity index (χ0) is 19.2. The van der Waals surface area contributed by atoms with Crippen LogP contribution in [0.4, 0.5) is 11.4 Å². The summed E-state index contributed by atoms with van der Waals surface area (Å²) in [5, 5.41) is 0. The van der Waals surface area contributed by atoms with Crippen molar-refractivity contribution in [1.82, 2.24) is 9.55 Å². The molecule has 27 heavy (non-hydrogen) atoms. The number of benzene rings is 2. The molecule has 1 aromatic heterocycles. The zero-order valence-electron chi connectivity index (χ0n) is 16.9. The van der Waals surface area contributed by atoms with E-state index in [0.717, 1.165) is 16.8 Å². The Balaban J connectivity index is 1.73. The molecule has 0 aliphatic carbocycles. The minimum atomic E-state index is 0.478. The fourth-order valence-electron chi connectivity index (χ4n) is 3.29. The van der Waals surface area contributed by atoms with E-state index in [1.807, 2.05) is 26.6 Å². The first-order valence-corrected chi connectivity index (χ1v) is 9.86. The van der Waals surface area contributed by atoms with Crippen molar-refractivity contribution in [3.8, 4) is 0 Å². The van der Waals surface area contributed by atoms with Crippen LogP contribution < -0.4 is 4.90 Å². The molecular formula is C23H30N4. The van der Waals surface area contributed by atoms with Gasteiger partial charge in [0.25, 0.3) is 0 Å². The van der Waals surface area contributed by atoms with Crippen LogP contribution in [0.1, 0.15) is 51.1 Å². The molecule has 0 aliphatic rings. The van der Waals surface area contributed by atoms with E-state index < -0.39 is 0 Å². The molecule has 3 aromatic rings. The lowest BCUT2D eigenvalue weighted by molar-refractivity contribution is 0.487. The average molecular weight is 363 g/mol. The number of anilines is 1. The molecule has 0 fully saturated rings. The highest BCUT2D eigenvalue weighted by atomic mass is 15.1. The van der Waals surface area contributed by atoms with Gasteiger partial charge in [-0.25, -0.2) is 4.98 Å². The number of nitrogens with zero attached hydrogens (tertiary/aromatic N) is 4. The van der Waals surface area contributed by atoms with Gasteiger partial charge in [0.2, 0.25) is 0 Å². The number of imidazole rings is 1. The van der Waals surface area contributed by atoms with Crippen molar-refractivity contribution >= 4 is 28.6 Å². The summed E-state index contributed by atoms with van der Waals surface area (Å²) < 4.78 is 2.29. The highest BCUT2D eigenvalue weighted by Gasteiger charge is 2.09. The molecule has 0 aliphatic heterocycles. The normalized spacial score (nSPS) is 12.7. The lowest BCUT2D eigenvalue weighted by Crippen LogP contribution is -2.08. The zero-order valence-corrected chi connectivity index (χ0v) is 16.9. The van der Waals surface area contributed by atoms with Crippen LogP contribution in [0.5, 0.6) is 0 Å². The molecule has 1 unspecified atom stereocenters. The molecule has 0 spiro atoms. The monoisotopic (exact) mass is 362 g/mol. The Morgan fingerprint density at radius 2 is 1.89 bits per heavy atom. The number of aliphatic imine (C=N–C) groups is 1. The summed E-state index contributed by atoms with van der Waals surface area (Å²) in [5.74, 6) is 0. The first-order chi connectivity index (χ1) is 13.1. The molecule has 1 heterocycles. The molecule has 0 bridgehead atoms. The number of fused-ring (bicyclic) bond motifs is 1. The van der Waals surface area contributed by atoms with Gasteiger partial charge in [-0.3, -0.25) is 4.99 Å². The largest absolute Gasteiger partial charge is 0.378 e. The molecule has 0 saturated carbocycles. The lowest BCUT2D eigenvalue weighted by atomic mass is 10.1. The van der Waals surface area contributed by atoms with E-state index in [1.54, 1.807) is 0 Å². The lowest BCUT2D eigenvalue weighted by Gasteiger charge is -2.14. The Kier molecular flexibility index (Phi) is 6.28. The SMILES string of the molecule is CCCCCC(C)n1cnc2cc(N=Cc3ccc(N(C)C)cc3)ccc21. The third-order valence-corrected chi connectivity index (χ3v) is 5.03. The second kappa shape index (κ2) is 8.85. The molecule has 0 saturated heterocycles. The van der Waals surface area contributed by atoms with Crippen molar-refractivity contribution in [2.75, 3.05) is 19.0 Å². The average Bonchev–Trinajstić information content (AvgIpc) is 3.10. The first kappa shape index (κ1) is 19.2. The fourth-order valence-corrected chi connectivity index (χ4v) is 3.29. The molecule has 4 nitrogen and oxygen atoms in total. The van der Waals surface area contributed by atoms with Crippen LogP contribution in [0.15, 0.2) is 53.8 Å². The van der Waals surface area contributed by atoms with E-state index in [2.05, 4.69) is 75.8 Å². The molecule has 0 radical (unpaired) electrons. The topological polar surface area (TPSA) is 33.4 Å². The summed E-state index contributed by atoms with van der Waals surface area (Å²) >= 11 is 0. The van der Waals surface area contributed by atoms with Gasteiger partial charge < -0.3 is 9.47 Å². The van der Waals surface area contributed by atoms with Gasteiger partial charge >= 0.3 is 0 Å². The summed E-state index contributed by atoms with van der Waals surface area (Å²) in [5.41, 5.74) is 5.41. The Hall–Kier alpha value is -2.62. The van der Waals surface area contributed by atoms with Crippen LogP contribution in [-0.4, -0.2) is 29.9 Å². The summed E-state index contributed by atoms with van der Waals surface area (Å²) in [6.45, 7) is 4.52. The van der Waals surface area contributed by atoms with Crippen molar-refractivity contribution in [2.45, 2.75) is 45.6 Å². The van der Waals surface area contributed by atoms with Gasteiger partial charge in [-0.05, 0) is 49.2 Å². The van der Waals surface area contributed by atoms with Gasteiger partial charge in [-0.2, -0.15) is 0 Å². The Morgan fingerprint density at radius 3 is 2.59 bits per heavy atom. The standard InChI is InChI=1S/C23H30N4/c1-5-6-7-8-18(2)27-17-25-22-15-20(11-14-23(22)27)24-16-19-9-12-21(13-10-19)26(3)4/h9-18H,5-8H2,1-4H3. The van der Waals surface area contributed by atoms with Crippen molar-refractivity contribution < 1.29 is 0 Å². The minimum absolute atomic E-state index is 0.478. The quantitative estimate of drug-likeness (QED) is 0.364. The van der Waals surface area contributed by atoms with E-state index in [1.165, 1.54) is 36.9 Å². The maximum Gasteiger partial charge on any atom is 0.0960 e. The molecular weight excluding hydrogens is 332 g/mol. The minimum Gasteiger partial charge on any atom is -0.378 e. The van der Waals surface area contributed by atoms with Gasteiger partial charge in [0.15, 0.2) is 0 Å². The first-order valence-electron chi connectivity index (χ1n) is 9.86. The third-order valence-electron chi connectivity index (χ3n) is 5.03. The van der Waals surface area contributed by atoms with Crippen molar-refractivity contribution in [1.29, 1.82) is 0 Å². The summed E-state index contributed by atoms with van der Waals surface area (Å²) in [7, 11) is 4.09. The van der Waals surface area contributed by atoms with E-state index in [9.17, 15) is 0 Å². The van der Waals surface area contributed by atoms with Crippen LogP contribution in [0, 0.1) is 0 Å². The van der Waals surface area contributed by atoms with Crippen molar-refractivity contribution in [2.24, 2.45) is 4.99 Å². The molecule has 0 amide bonds.